The van der Waals surface area contributed by atoms with Crippen LogP contribution in [0.4, 0.5) is 5.69 Å². The van der Waals surface area contributed by atoms with Gasteiger partial charge in [-0.25, -0.2) is 0 Å². The van der Waals surface area contributed by atoms with Crippen molar-refractivity contribution < 1.29 is 0 Å². The van der Waals surface area contributed by atoms with Crippen LogP contribution in [0, 0.1) is 0 Å². The molecular weight excluding hydrogens is 178 g/mol. The summed E-state index contributed by atoms with van der Waals surface area (Å²) in [5.41, 5.74) is 1.32. The van der Waals surface area contributed by atoms with Gasteiger partial charge in [0.05, 0.1) is 0 Å². The van der Waals surface area contributed by atoms with Gasteiger partial charge in [0, 0.05) is 21.9 Å². The summed E-state index contributed by atoms with van der Waals surface area (Å²) in [6, 6.07) is 8.64. The monoisotopic (exact) mass is 191 g/mol. The molecule has 2 heteroatoms. The maximum Gasteiger partial charge on any atom is 0.0479 e. The van der Waals surface area contributed by atoms with Crippen LogP contribution in [0.3, 0.4) is 0 Å². The summed E-state index contributed by atoms with van der Waals surface area (Å²) in [5.74, 6) is 0. The fourth-order valence-electron chi connectivity index (χ4n) is 2.08. The summed E-state index contributed by atoms with van der Waals surface area (Å²) in [6.07, 6.45) is 4.19. The number of hydrogen-bond donors (Lipinski definition) is 1. The van der Waals surface area contributed by atoms with Crippen molar-refractivity contribution in [2.24, 2.45) is 0 Å². The lowest BCUT2D eigenvalue weighted by Crippen LogP contribution is -2.42. The van der Waals surface area contributed by atoms with Crippen LogP contribution in [0.5, 0.6) is 0 Å². The Bertz CT molecular complexity index is 331. The molecule has 68 valence electrons. The molecule has 0 radical (unpaired) electrons. The van der Waals surface area contributed by atoms with Gasteiger partial charge in [-0.2, -0.15) is 0 Å². The molecule has 0 saturated heterocycles. The van der Waals surface area contributed by atoms with E-state index in [9.17, 15) is 0 Å². The maximum absolute atomic E-state index is 3.53. The number of thioether (sulfide) groups is 1. The number of nitrogens with one attached hydrogen (secondary N) is 1. The SMILES string of the molecule is c1ccc2c(c1)NCC1(CCC1)S2. The molecule has 3 rings (SSSR count). The lowest BCUT2D eigenvalue weighted by molar-refractivity contribution is 0.376. The zero-order valence-corrected chi connectivity index (χ0v) is 8.36. The molecule has 1 spiro atoms. The van der Waals surface area contributed by atoms with E-state index in [1.807, 2.05) is 0 Å². The van der Waals surface area contributed by atoms with Crippen molar-refractivity contribution in [3.8, 4) is 0 Å². The molecule has 1 aromatic carbocycles. The first-order chi connectivity index (χ1) is 6.38. The van der Waals surface area contributed by atoms with Gasteiger partial charge in [-0.3, -0.25) is 0 Å². The summed E-state index contributed by atoms with van der Waals surface area (Å²) in [6.45, 7) is 1.16. The third-order valence-electron chi connectivity index (χ3n) is 3.08. The lowest BCUT2D eigenvalue weighted by atomic mass is 9.84. The molecule has 1 fully saturated rings. The number of benzene rings is 1. The highest BCUT2D eigenvalue weighted by molar-refractivity contribution is 8.01. The zero-order chi connectivity index (χ0) is 8.73. The molecule has 0 bridgehead atoms. The Morgan fingerprint density at radius 3 is 2.85 bits per heavy atom. The first kappa shape index (κ1) is 7.74. The minimum Gasteiger partial charge on any atom is -0.383 e. The van der Waals surface area contributed by atoms with E-state index >= 15 is 0 Å². The Morgan fingerprint density at radius 2 is 2.08 bits per heavy atom. The average molecular weight is 191 g/mol. The molecule has 1 N–H and O–H groups in total. The van der Waals surface area contributed by atoms with Crippen LogP contribution in [0.2, 0.25) is 0 Å². The predicted octanol–water partition coefficient (Wildman–Crippen LogP) is 3.13. The van der Waals surface area contributed by atoms with Crippen molar-refractivity contribution >= 4 is 17.4 Å². The Morgan fingerprint density at radius 1 is 1.23 bits per heavy atom. The molecule has 1 aliphatic heterocycles. The first-order valence-corrected chi connectivity index (χ1v) is 5.72. The molecule has 1 saturated carbocycles. The summed E-state index contributed by atoms with van der Waals surface area (Å²) in [5, 5.41) is 3.53. The van der Waals surface area contributed by atoms with Gasteiger partial charge in [0.1, 0.15) is 0 Å². The minimum atomic E-state index is 0.550. The predicted molar refractivity (Wildman–Crippen MR) is 57.4 cm³/mol. The molecule has 1 aromatic rings. The molecule has 0 unspecified atom stereocenters. The van der Waals surface area contributed by atoms with Crippen LogP contribution >= 0.6 is 11.8 Å². The quantitative estimate of drug-likeness (QED) is 0.676. The molecular formula is C11H13NS. The van der Waals surface area contributed by atoms with E-state index in [-0.39, 0.29) is 0 Å². The fraction of sp³-hybridized carbons (Fsp3) is 0.455. The van der Waals surface area contributed by atoms with Gasteiger partial charge in [-0.1, -0.05) is 18.6 Å². The molecule has 1 heterocycles. The van der Waals surface area contributed by atoms with Gasteiger partial charge in [0.25, 0.3) is 0 Å². The number of rotatable bonds is 0. The van der Waals surface area contributed by atoms with Crippen LogP contribution in [0.25, 0.3) is 0 Å². The first-order valence-electron chi connectivity index (χ1n) is 4.90. The lowest BCUT2D eigenvalue weighted by Gasteiger charge is -2.44. The van der Waals surface area contributed by atoms with Crippen molar-refractivity contribution in [2.45, 2.75) is 28.9 Å². The van der Waals surface area contributed by atoms with Crippen molar-refractivity contribution in [2.75, 3.05) is 11.9 Å². The van der Waals surface area contributed by atoms with Gasteiger partial charge >= 0.3 is 0 Å². The fourth-order valence-corrected chi connectivity index (χ4v) is 3.58. The number of para-hydroxylation sites is 1. The smallest absolute Gasteiger partial charge is 0.0479 e. The Hall–Kier alpha value is -0.630. The molecule has 13 heavy (non-hydrogen) atoms. The molecule has 0 amide bonds. The zero-order valence-electron chi connectivity index (χ0n) is 7.55. The van der Waals surface area contributed by atoms with Crippen LogP contribution < -0.4 is 5.32 Å². The maximum atomic E-state index is 3.53. The summed E-state index contributed by atoms with van der Waals surface area (Å²) in [4.78, 5) is 1.44. The molecule has 1 nitrogen and oxygen atoms in total. The summed E-state index contributed by atoms with van der Waals surface area (Å²) < 4.78 is 0.550. The number of fused-ring (bicyclic) bond motifs is 1. The van der Waals surface area contributed by atoms with Gasteiger partial charge in [-0.05, 0) is 25.0 Å². The van der Waals surface area contributed by atoms with E-state index in [2.05, 4.69) is 41.3 Å². The largest absolute Gasteiger partial charge is 0.383 e. The summed E-state index contributed by atoms with van der Waals surface area (Å²) >= 11 is 2.08. The van der Waals surface area contributed by atoms with Gasteiger partial charge in [0.2, 0.25) is 0 Å². The minimum absolute atomic E-state index is 0.550. The van der Waals surface area contributed by atoms with Gasteiger partial charge in [0.15, 0.2) is 0 Å². The van der Waals surface area contributed by atoms with Crippen molar-refractivity contribution in [1.82, 2.24) is 0 Å². The van der Waals surface area contributed by atoms with Crippen LogP contribution in [0.15, 0.2) is 29.2 Å². The molecule has 0 aromatic heterocycles. The normalized spacial score (nSPS) is 23.1. The van der Waals surface area contributed by atoms with Crippen LogP contribution in [0.1, 0.15) is 19.3 Å². The average Bonchev–Trinajstić information content (AvgIpc) is 2.15. The Kier molecular flexibility index (Phi) is 1.59. The third kappa shape index (κ3) is 1.16. The number of hydrogen-bond acceptors (Lipinski definition) is 2. The highest BCUT2D eigenvalue weighted by Gasteiger charge is 2.40. The van der Waals surface area contributed by atoms with Crippen molar-refractivity contribution in [3.63, 3.8) is 0 Å². The molecule has 2 aliphatic rings. The van der Waals surface area contributed by atoms with Crippen LogP contribution in [-0.4, -0.2) is 11.3 Å². The van der Waals surface area contributed by atoms with Gasteiger partial charge in [-0.15, -0.1) is 11.8 Å². The number of anilines is 1. The Balaban J connectivity index is 1.94. The summed E-state index contributed by atoms with van der Waals surface area (Å²) in [7, 11) is 0. The van der Waals surface area contributed by atoms with E-state index in [4.69, 9.17) is 0 Å². The highest BCUT2D eigenvalue weighted by Crippen LogP contribution is 2.51. The second-order valence-electron chi connectivity index (χ2n) is 3.99. The third-order valence-corrected chi connectivity index (χ3v) is 4.64. The van der Waals surface area contributed by atoms with E-state index in [0.29, 0.717) is 4.75 Å². The Labute approximate surface area is 82.9 Å². The second-order valence-corrected chi connectivity index (χ2v) is 5.50. The van der Waals surface area contributed by atoms with Crippen LogP contribution in [-0.2, 0) is 0 Å². The van der Waals surface area contributed by atoms with Crippen molar-refractivity contribution in [3.05, 3.63) is 24.3 Å². The highest BCUT2D eigenvalue weighted by atomic mass is 32.2. The van der Waals surface area contributed by atoms with E-state index in [0.717, 1.165) is 6.54 Å². The van der Waals surface area contributed by atoms with Gasteiger partial charge < -0.3 is 5.32 Å². The molecule has 0 atom stereocenters. The van der Waals surface area contributed by atoms with E-state index in [1.54, 1.807) is 0 Å². The van der Waals surface area contributed by atoms with E-state index in [1.165, 1.54) is 29.8 Å². The molecule has 1 aliphatic carbocycles. The van der Waals surface area contributed by atoms with Crippen molar-refractivity contribution in [1.29, 1.82) is 0 Å². The standard InChI is InChI=1S/C11H13NS/c1-2-5-10-9(4-1)12-8-11(13-10)6-3-7-11/h1-2,4-5,12H,3,6-8H2. The topological polar surface area (TPSA) is 12.0 Å². The van der Waals surface area contributed by atoms with E-state index < -0.39 is 0 Å². The second kappa shape index (κ2) is 2.68.